The third-order valence-corrected chi connectivity index (χ3v) is 2.62. The molecule has 0 bridgehead atoms. The van der Waals surface area contributed by atoms with E-state index in [2.05, 4.69) is 25.7 Å². The van der Waals surface area contributed by atoms with Crippen LogP contribution in [0.2, 0.25) is 19.6 Å². The van der Waals surface area contributed by atoms with Crippen molar-refractivity contribution in [2.24, 2.45) is 5.92 Å². The summed E-state index contributed by atoms with van der Waals surface area (Å²) in [5.41, 5.74) is 0. The smallest absolute Gasteiger partial charge is 0.185 e. The van der Waals surface area contributed by atoms with Crippen LogP contribution in [0.5, 0.6) is 0 Å². The van der Waals surface area contributed by atoms with Gasteiger partial charge in [-0.2, -0.15) is 5.26 Å². The highest BCUT2D eigenvalue weighted by Gasteiger charge is 2.34. The van der Waals surface area contributed by atoms with Crippen LogP contribution in [-0.2, 0) is 4.43 Å². The highest BCUT2D eigenvalue weighted by atomic mass is 28.4. The van der Waals surface area contributed by atoms with E-state index in [4.69, 9.17) is 9.69 Å². The summed E-state index contributed by atoms with van der Waals surface area (Å²) < 4.78 is 5.69. The number of hydrogen-bond donors (Lipinski definition) is 0. The molecule has 0 heterocycles. The molecule has 2 nitrogen and oxygen atoms in total. The Bertz CT molecular complexity index is 176. The van der Waals surface area contributed by atoms with Crippen LogP contribution in [0, 0.1) is 17.2 Å². The van der Waals surface area contributed by atoms with Gasteiger partial charge >= 0.3 is 0 Å². The molecule has 1 fully saturated rings. The summed E-state index contributed by atoms with van der Waals surface area (Å²) >= 11 is 0. The highest BCUT2D eigenvalue weighted by molar-refractivity contribution is 6.69. The molecule has 0 spiro atoms. The number of nitriles is 1. The van der Waals surface area contributed by atoms with Crippen molar-refractivity contribution < 1.29 is 4.43 Å². The summed E-state index contributed by atoms with van der Waals surface area (Å²) in [5, 5.41) is 8.75. The van der Waals surface area contributed by atoms with Gasteiger partial charge in [-0.05, 0) is 38.4 Å². The molecule has 1 atom stereocenters. The molecule has 11 heavy (non-hydrogen) atoms. The van der Waals surface area contributed by atoms with Gasteiger partial charge in [-0.15, -0.1) is 0 Å². The van der Waals surface area contributed by atoms with Crippen molar-refractivity contribution in [1.82, 2.24) is 0 Å². The third-order valence-electron chi connectivity index (χ3n) is 1.66. The first-order valence-corrected chi connectivity index (χ1v) is 7.51. The van der Waals surface area contributed by atoms with Gasteiger partial charge in [0, 0.05) is 0 Å². The molecule has 1 rings (SSSR count). The lowest BCUT2D eigenvalue weighted by atomic mass is 10.3. The molecule has 0 aromatic carbocycles. The van der Waals surface area contributed by atoms with Gasteiger partial charge in [0.2, 0.25) is 0 Å². The van der Waals surface area contributed by atoms with E-state index in [1.54, 1.807) is 0 Å². The van der Waals surface area contributed by atoms with E-state index in [0.29, 0.717) is 5.92 Å². The Hall–Kier alpha value is -0.333. The number of nitrogens with zero attached hydrogens (tertiary/aromatic N) is 1. The average Bonchev–Trinajstić information content (AvgIpc) is 2.61. The van der Waals surface area contributed by atoms with Crippen molar-refractivity contribution in [2.45, 2.75) is 38.6 Å². The Kier molecular flexibility index (Phi) is 2.36. The summed E-state index contributed by atoms with van der Waals surface area (Å²) in [7, 11) is -1.49. The van der Waals surface area contributed by atoms with Crippen LogP contribution in [0.1, 0.15) is 12.8 Å². The van der Waals surface area contributed by atoms with Gasteiger partial charge in [0.1, 0.15) is 6.10 Å². The summed E-state index contributed by atoms with van der Waals surface area (Å²) in [6.07, 6.45) is 2.26. The molecule has 0 unspecified atom stereocenters. The second-order valence-corrected chi connectivity index (χ2v) is 8.58. The zero-order valence-electron chi connectivity index (χ0n) is 7.42. The molecule has 1 aliphatic carbocycles. The van der Waals surface area contributed by atoms with Crippen LogP contribution in [0.25, 0.3) is 0 Å². The van der Waals surface area contributed by atoms with Gasteiger partial charge in [-0.25, -0.2) is 0 Å². The van der Waals surface area contributed by atoms with Gasteiger partial charge in [-0.1, -0.05) is 0 Å². The fourth-order valence-corrected chi connectivity index (χ4v) is 2.01. The van der Waals surface area contributed by atoms with Crippen LogP contribution in [0.4, 0.5) is 0 Å². The van der Waals surface area contributed by atoms with E-state index in [0.717, 1.165) is 0 Å². The van der Waals surface area contributed by atoms with E-state index in [9.17, 15) is 0 Å². The molecule has 1 saturated carbocycles. The monoisotopic (exact) mass is 169 g/mol. The molecule has 62 valence electrons. The van der Waals surface area contributed by atoms with Crippen molar-refractivity contribution in [3.05, 3.63) is 0 Å². The molecular weight excluding hydrogens is 154 g/mol. The van der Waals surface area contributed by atoms with Crippen molar-refractivity contribution in [3.63, 3.8) is 0 Å². The lowest BCUT2D eigenvalue weighted by Gasteiger charge is -2.21. The fourth-order valence-electron chi connectivity index (χ4n) is 1.01. The van der Waals surface area contributed by atoms with Gasteiger partial charge in [0.15, 0.2) is 8.32 Å². The first kappa shape index (κ1) is 8.76. The summed E-state index contributed by atoms with van der Waals surface area (Å²) in [6, 6.07) is 2.23. The third kappa shape index (κ3) is 3.04. The Balaban J connectivity index is 2.39. The van der Waals surface area contributed by atoms with E-state index < -0.39 is 8.32 Å². The van der Waals surface area contributed by atoms with Crippen LogP contribution in [0.3, 0.4) is 0 Å². The second-order valence-electron chi connectivity index (χ2n) is 4.12. The summed E-state index contributed by atoms with van der Waals surface area (Å²) in [4.78, 5) is 0. The number of rotatable bonds is 3. The molecular formula is C8H15NOSi. The molecule has 0 aromatic heterocycles. The molecule has 0 N–H and O–H groups in total. The first-order chi connectivity index (χ1) is 5.03. The summed E-state index contributed by atoms with van der Waals surface area (Å²) in [5.74, 6) is 0.548. The fraction of sp³-hybridized carbons (Fsp3) is 0.875. The van der Waals surface area contributed by atoms with Crippen molar-refractivity contribution in [3.8, 4) is 6.07 Å². The van der Waals surface area contributed by atoms with E-state index >= 15 is 0 Å². The second kappa shape index (κ2) is 2.96. The summed E-state index contributed by atoms with van der Waals surface area (Å²) in [6.45, 7) is 6.37. The van der Waals surface area contributed by atoms with E-state index in [-0.39, 0.29) is 6.10 Å². The van der Waals surface area contributed by atoms with E-state index in [1.807, 2.05) is 0 Å². The SMILES string of the molecule is C[Si](C)(C)O[C@H](C#N)C1CC1. The van der Waals surface area contributed by atoms with Gasteiger partial charge in [-0.3, -0.25) is 0 Å². The topological polar surface area (TPSA) is 33.0 Å². The Morgan fingerprint density at radius 3 is 2.27 bits per heavy atom. The van der Waals surface area contributed by atoms with Crippen LogP contribution >= 0.6 is 0 Å². The average molecular weight is 169 g/mol. The lowest BCUT2D eigenvalue weighted by Crippen LogP contribution is -2.32. The quantitative estimate of drug-likeness (QED) is 0.606. The Labute approximate surface area is 69.3 Å². The maximum absolute atomic E-state index is 8.75. The molecule has 3 heteroatoms. The zero-order valence-corrected chi connectivity index (χ0v) is 8.42. The van der Waals surface area contributed by atoms with Crippen LogP contribution in [-0.4, -0.2) is 14.4 Å². The molecule has 1 aliphatic rings. The minimum atomic E-state index is -1.49. The Morgan fingerprint density at radius 2 is 2.00 bits per heavy atom. The molecule has 0 aliphatic heterocycles. The minimum Gasteiger partial charge on any atom is -0.402 e. The standard InChI is InChI=1S/C8H15NOSi/c1-11(2,3)10-8(6-9)7-4-5-7/h7-8H,4-5H2,1-3H3/t8-/m1/s1. The maximum atomic E-state index is 8.75. The molecule has 0 amide bonds. The molecule has 0 aromatic rings. The predicted molar refractivity (Wildman–Crippen MR) is 46.6 cm³/mol. The predicted octanol–water partition coefficient (Wildman–Crippen LogP) is 2.14. The normalized spacial score (nSPS) is 20.9. The van der Waals surface area contributed by atoms with Gasteiger partial charge < -0.3 is 4.43 Å². The van der Waals surface area contributed by atoms with E-state index in [1.165, 1.54) is 12.8 Å². The van der Waals surface area contributed by atoms with Crippen molar-refractivity contribution in [2.75, 3.05) is 0 Å². The maximum Gasteiger partial charge on any atom is 0.185 e. The zero-order chi connectivity index (χ0) is 8.48. The Morgan fingerprint density at radius 1 is 1.45 bits per heavy atom. The van der Waals surface area contributed by atoms with Crippen LogP contribution < -0.4 is 0 Å². The first-order valence-electron chi connectivity index (χ1n) is 4.10. The molecule has 0 radical (unpaired) electrons. The number of hydrogen-bond acceptors (Lipinski definition) is 2. The lowest BCUT2D eigenvalue weighted by molar-refractivity contribution is 0.225. The van der Waals surface area contributed by atoms with Gasteiger partial charge in [0.05, 0.1) is 6.07 Å². The molecule has 0 saturated heterocycles. The van der Waals surface area contributed by atoms with Gasteiger partial charge in [0.25, 0.3) is 0 Å². The van der Waals surface area contributed by atoms with Crippen molar-refractivity contribution in [1.29, 1.82) is 5.26 Å². The largest absolute Gasteiger partial charge is 0.402 e. The van der Waals surface area contributed by atoms with Crippen LogP contribution in [0.15, 0.2) is 0 Å². The minimum absolute atomic E-state index is 0.110. The highest BCUT2D eigenvalue weighted by Crippen LogP contribution is 2.35. The van der Waals surface area contributed by atoms with Crippen molar-refractivity contribution >= 4 is 8.32 Å².